The standard InChI is InChI=1S/C20H23Cl2N3O4/c21-13-2-1-3-14(22)16(13)17(26)24-15(18(27)28)9-23-19(29)25-20-7-10-4-11(8-20)6-12(20)5-10/h1-3,10-12,15H,4-9H2,(H,24,26)(H,27,28)(H2,23,25,29)/t10?,11?,12?,15-,20?/m0/s1. The highest BCUT2D eigenvalue weighted by molar-refractivity contribution is 6.39. The van der Waals surface area contributed by atoms with Crippen molar-refractivity contribution in [3.63, 3.8) is 0 Å². The van der Waals surface area contributed by atoms with Crippen LogP contribution in [0.25, 0.3) is 0 Å². The van der Waals surface area contributed by atoms with Gasteiger partial charge in [0.1, 0.15) is 6.04 Å². The van der Waals surface area contributed by atoms with Gasteiger partial charge < -0.3 is 21.1 Å². The zero-order chi connectivity index (χ0) is 20.8. The second kappa shape index (κ2) is 7.69. The Bertz CT molecular complexity index is 828. The second-order valence-corrected chi connectivity index (χ2v) is 9.31. The Kier molecular flexibility index (Phi) is 5.38. The average molecular weight is 440 g/mol. The monoisotopic (exact) mass is 439 g/mol. The van der Waals surface area contributed by atoms with Crippen LogP contribution >= 0.6 is 23.2 Å². The smallest absolute Gasteiger partial charge is 0.328 e. The summed E-state index contributed by atoms with van der Waals surface area (Å²) in [6.45, 7) is -0.247. The van der Waals surface area contributed by atoms with Gasteiger partial charge >= 0.3 is 12.0 Å². The van der Waals surface area contributed by atoms with Gasteiger partial charge in [-0.25, -0.2) is 9.59 Å². The molecular formula is C20H23Cl2N3O4. The first-order chi connectivity index (χ1) is 13.8. The maximum Gasteiger partial charge on any atom is 0.328 e. The van der Waals surface area contributed by atoms with E-state index in [1.54, 1.807) is 6.07 Å². The number of carboxylic acid groups (broad SMARTS) is 1. The Morgan fingerprint density at radius 2 is 1.72 bits per heavy atom. The van der Waals surface area contributed by atoms with Gasteiger partial charge in [-0.15, -0.1) is 0 Å². The summed E-state index contributed by atoms with van der Waals surface area (Å²) in [5.74, 6) is -0.0610. The lowest BCUT2D eigenvalue weighted by Gasteiger charge is -2.34. The number of hydrogen-bond acceptors (Lipinski definition) is 3. The summed E-state index contributed by atoms with van der Waals surface area (Å²) in [6.07, 6.45) is 5.61. The van der Waals surface area contributed by atoms with Gasteiger partial charge in [0.15, 0.2) is 0 Å². The molecule has 0 aliphatic heterocycles. The van der Waals surface area contributed by atoms with Crippen molar-refractivity contribution in [2.75, 3.05) is 6.54 Å². The molecule has 1 aromatic carbocycles. The molecule has 0 aromatic heterocycles. The molecule has 4 N–H and O–H groups in total. The molecule has 3 amide bonds. The molecule has 4 aliphatic rings. The number of carbonyl (C=O) groups excluding carboxylic acids is 2. The fourth-order valence-corrected chi connectivity index (χ4v) is 6.18. The highest BCUT2D eigenvalue weighted by atomic mass is 35.5. The summed E-state index contributed by atoms with van der Waals surface area (Å²) < 4.78 is 0. The third-order valence-electron chi connectivity index (χ3n) is 6.61. The van der Waals surface area contributed by atoms with Crippen molar-refractivity contribution in [1.82, 2.24) is 16.0 Å². The fraction of sp³-hybridized carbons (Fsp3) is 0.550. The van der Waals surface area contributed by atoms with Crippen molar-refractivity contribution in [2.45, 2.75) is 43.7 Å². The van der Waals surface area contributed by atoms with Crippen LogP contribution in [0.4, 0.5) is 4.79 Å². The molecule has 4 bridgehead atoms. The van der Waals surface area contributed by atoms with Gasteiger partial charge in [-0.05, 0) is 62.0 Å². The van der Waals surface area contributed by atoms with Crippen molar-refractivity contribution < 1.29 is 19.5 Å². The molecule has 0 radical (unpaired) electrons. The molecule has 4 aliphatic carbocycles. The van der Waals surface area contributed by atoms with Gasteiger partial charge in [-0.1, -0.05) is 29.3 Å². The first-order valence-corrected chi connectivity index (χ1v) is 10.6. The van der Waals surface area contributed by atoms with E-state index < -0.39 is 23.9 Å². The van der Waals surface area contributed by atoms with Crippen molar-refractivity contribution >= 4 is 41.1 Å². The first-order valence-electron chi connectivity index (χ1n) is 9.81. The molecule has 29 heavy (non-hydrogen) atoms. The number of urea groups is 1. The molecule has 4 saturated carbocycles. The predicted molar refractivity (Wildman–Crippen MR) is 108 cm³/mol. The summed E-state index contributed by atoms with van der Waals surface area (Å²) in [4.78, 5) is 36.5. The Hall–Kier alpha value is -1.99. The minimum absolute atomic E-state index is 0.00408. The van der Waals surface area contributed by atoms with Crippen LogP contribution in [0.5, 0.6) is 0 Å². The van der Waals surface area contributed by atoms with E-state index in [1.807, 2.05) is 0 Å². The molecule has 2 unspecified atom stereocenters. The number of rotatable bonds is 6. The van der Waals surface area contributed by atoms with Gasteiger partial charge in [-0.3, -0.25) is 4.79 Å². The molecule has 0 spiro atoms. The van der Waals surface area contributed by atoms with E-state index in [4.69, 9.17) is 23.2 Å². The van der Waals surface area contributed by atoms with Crippen molar-refractivity contribution in [2.24, 2.45) is 17.8 Å². The zero-order valence-corrected chi connectivity index (χ0v) is 17.2. The Balaban J connectivity index is 1.35. The van der Waals surface area contributed by atoms with E-state index in [0.29, 0.717) is 17.8 Å². The molecule has 9 heteroatoms. The van der Waals surface area contributed by atoms with Crippen LogP contribution in [-0.2, 0) is 4.79 Å². The number of carboxylic acids is 1. The van der Waals surface area contributed by atoms with Gasteiger partial charge in [0, 0.05) is 5.54 Å². The van der Waals surface area contributed by atoms with Crippen LogP contribution in [0.1, 0.15) is 42.5 Å². The molecule has 0 heterocycles. The number of nitrogens with one attached hydrogen (secondary N) is 3. The summed E-state index contributed by atoms with van der Waals surface area (Å²) in [5.41, 5.74) is -0.144. The number of benzene rings is 1. The fourth-order valence-electron chi connectivity index (χ4n) is 5.61. The van der Waals surface area contributed by atoms with Crippen LogP contribution in [0.2, 0.25) is 10.0 Å². The van der Waals surface area contributed by atoms with Gasteiger partial charge in [-0.2, -0.15) is 0 Å². The number of aliphatic carboxylic acids is 1. The van der Waals surface area contributed by atoms with Gasteiger partial charge in [0.2, 0.25) is 0 Å². The Labute approximate surface area is 178 Å². The average Bonchev–Trinajstić information content (AvgIpc) is 3.01. The van der Waals surface area contributed by atoms with Crippen molar-refractivity contribution in [3.05, 3.63) is 33.8 Å². The number of amides is 3. The molecule has 7 nitrogen and oxygen atoms in total. The lowest BCUT2D eigenvalue weighted by atomic mass is 9.80. The van der Waals surface area contributed by atoms with Crippen LogP contribution in [0.15, 0.2) is 18.2 Å². The normalized spacial score (nSPS) is 30.1. The van der Waals surface area contributed by atoms with E-state index >= 15 is 0 Å². The van der Waals surface area contributed by atoms with Crippen LogP contribution in [0, 0.1) is 17.8 Å². The SMILES string of the molecule is O=C(NC[C@H](NC(=O)c1c(Cl)cccc1Cl)C(=O)O)NC12CC3CC(CC1C3)C2. The molecule has 3 atom stereocenters. The van der Waals surface area contributed by atoms with E-state index in [0.717, 1.165) is 12.8 Å². The van der Waals surface area contributed by atoms with Crippen LogP contribution in [-0.4, -0.2) is 41.1 Å². The molecule has 0 saturated heterocycles. The zero-order valence-electron chi connectivity index (χ0n) is 15.7. The molecule has 4 fully saturated rings. The minimum atomic E-state index is -1.31. The summed E-state index contributed by atoms with van der Waals surface area (Å²) in [5, 5.41) is 17.8. The summed E-state index contributed by atoms with van der Waals surface area (Å²) >= 11 is 12.0. The lowest BCUT2D eigenvalue weighted by molar-refractivity contribution is -0.139. The first kappa shape index (κ1) is 20.3. The number of halogens is 2. The highest BCUT2D eigenvalue weighted by Crippen LogP contribution is 2.60. The molecule has 1 aromatic rings. The topological polar surface area (TPSA) is 108 Å². The third kappa shape index (κ3) is 3.90. The van der Waals surface area contributed by atoms with E-state index in [-0.39, 0.29) is 27.7 Å². The lowest BCUT2D eigenvalue weighted by Crippen LogP contribution is -2.56. The van der Waals surface area contributed by atoms with Gasteiger partial charge in [0.25, 0.3) is 5.91 Å². The molecular weight excluding hydrogens is 417 g/mol. The van der Waals surface area contributed by atoms with Crippen LogP contribution in [0.3, 0.4) is 0 Å². The van der Waals surface area contributed by atoms with Gasteiger partial charge in [0.05, 0.1) is 22.2 Å². The number of hydrogen-bond donors (Lipinski definition) is 4. The highest BCUT2D eigenvalue weighted by Gasteiger charge is 2.58. The van der Waals surface area contributed by atoms with E-state index in [9.17, 15) is 19.5 Å². The molecule has 5 rings (SSSR count). The summed E-state index contributed by atoms with van der Waals surface area (Å²) in [7, 11) is 0. The molecule has 156 valence electrons. The third-order valence-corrected chi connectivity index (χ3v) is 7.24. The van der Waals surface area contributed by atoms with E-state index in [1.165, 1.54) is 31.4 Å². The van der Waals surface area contributed by atoms with Crippen molar-refractivity contribution in [3.8, 4) is 0 Å². The quantitative estimate of drug-likeness (QED) is 0.546. The maximum absolute atomic E-state index is 12.5. The van der Waals surface area contributed by atoms with Crippen molar-refractivity contribution in [1.29, 1.82) is 0 Å². The number of carbonyl (C=O) groups is 3. The van der Waals surface area contributed by atoms with Crippen LogP contribution < -0.4 is 16.0 Å². The Morgan fingerprint density at radius 1 is 1.10 bits per heavy atom. The Morgan fingerprint density at radius 3 is 2.31 bits per heavy atom. The van der Waals surface area contributed by atoms with E-state index in [2.05, 4.69) is 16.0 Å². The second-order valence-electron chi connectivity index (χ2n) is 8.50. The predicted octanol–water partition coefficient (Wildman–Crippen LogP) is 3.05. The largest absolute Gasteiger partial charge is 0.480 e. The maximum atomic E-state index is 12.5. The summed E-state index contributed by atoms with van der Waals surface area (Å²) in [6, 6.07) is 2.87. The minimum Gasteiger partial charge on any atom is -0.480 e.